The van der Waals surface area contributed by atoms with Gasteiger partial charge in [-0.25, -0.2) is 0 Å². The van der Waals surface area contributed by atoms with Crippen molar-refractivity contribution in [1.82, 2.24) is 4.57 Å². The molecule has 3 rings (SSSR count). The maximum absolute atomic E-state index is 13.4. The fourth-order valence-corrected chi connectivity index (χ4v) is 3.52. The van der Waals surface area contributed by atoms with E-state index in [9.17, 15) is 19.7 Å². The van der Waals surface area contributed by atoms with Crippen molar-refractivity contribution in [3.63, 3.8) is 0 Å². The van der Waals surface area contributed by atoms with Gasteiger partial charge in [0.15, 0.2) is 11.5 Å². The molecule has 0 aliphatic rings. The number of aromatic nitrogens is 1. The second-order valence-corrected chi connectivity index (χ2v) is 7.74. The summed E-state index contributed by atoms with van der Waals surface area (Å²) >= 11 is 0. The highest BCUT2D eigenvalue weighted by molar-refractivity contribution is 6.13. The molecule has 3 aromatic rings. The Morgan fingerprint density at radius 2 is 1.64 bits per heavy atom. The van der Waals surface area contributed by atoms with Crippen LogP contribution in [-0.2, 0) is 6.54 Å². The first-order valence-electron chi connectivity index (χ1n) is 10.1. The standard InChI is InChI=1S/C23H25N3O7/c1-13(2)11-25-12-17(15-9-20(32-4)21(33-5)10-16(15)23(25)28)22(27)24-18-8-14(26(29)30)6-7-19(18)31-3/h6-10,12-13H,11H2,1-5H3,(H,24,27). The van der Waals surface area contributed by atoms with E-state index in [4.69, 9.17) is 14.2 Å². The maximum atomic E-state index is 13.4. The monoisotopic (exact) mass is 455 g/mol. The number of fused-ring (bicyclic) bond motifs is 1. The molecule has 0 fully saturated rings. The molecule has 1 amide bonds. The zero-order valence-corrected chi connectivity index (χ0v) is 19.0. The van der Waals surface area contributed by atoms with Crippen LogP contribution < -0.4 is 25.1 Å². The summed E-state index contributed by atoms with van der Waals surface area (Å²) < 4.78 is 17.4. The largest absolute Gasteiger partial charge is 0.495 e. The zero-order chi connectivity index (χ0) is 24.3. The van der Waals surface area contributed by atoms with Gasteiger partial charge in [0.2, 0.25) is 0 Å². The van der Waals surface area contributed by atoms with E-state index in [0.717, 1.165) is 0 Å². The second kappa shape index (κ2) is 9.60. The molecule has 0 aliphatic heterocycles. The Morgan fingerprint density at radius 1 is 1.03 bits per heavy atom. The van der Waals surface area contributed by atoms with Crippen LogP contribution >= 0.6 is 0 Å². The van der Waals surface area contributed by atoms with Gasteiger partial charge in [0.1, 0.15) is 5.75 Å². The number of anilines is 1. The van der Waals surface area contributed by atoms with Crippen molar-refractivity contribution < 1.29 is 23.9 Å². The average Bonchev–Trinajstić information content (AvgIpc) is 2.79. The predicted octanol–water partition coefficient (Wildman–Crippen LogP) is 3.84. The first kappa shape index (κ1) is 23.6. The summed E-state index contributed by atoms with van der Waals surface area (Å²) in [6.45, 7) is 4.31. The molecule has 2 aromatic carbocycles. The number of benzene rings is 2. The van der Waals surface area contributed by atoms with Crippen LogP contribution in [-0.4, -0.2) is 36.7 Å². The normalized spacial score (nSPS) is 10.8. The SMILES string of the molecule is COc1ccc([N+](=O)[O-])cc1NC(=O)c1cn(CC(C)C)c(=O)c2cc(OC)c(OC)cc12. The third kappa shape index (κ3) is 4.74. The summed E-state index contributed by atoms with van der Waals surface area (Å²) in [6, 6.07) is 7.00. The summed E-state index contributed by atoms with van der Waals surface area (Å²) in [5.41, 5.74) is -0.150. The van der Waals surface area contributed by atoms with Gasteiger partial charge in [-0.2, -0.15) is 0 Å². The van der Waals surface area contributed by atoms with Crippen LogP contribution in [0.3, 0.4) is 0 Å². The molecule has 174 valence electrons. The van der Waals surface area contributed by atoms with Crippen LogP contribution in [0.25, 0.3) is 10.8 Å². The lowest BCUT2D eigenvalue weighted by Crippen LogP contribution is -2.25. The van der Waals surface area contributed by atoms with E-state index < -0.39 is 10.8 Å². The molecule has 0 unspecified atom stereocenters. The minimum Gasteiger partial charge on any atom is -0.495 e. The number of amides is 1. The number of hydrogen-bond donors (Lipinski definition) is 1. The third-order valence-corrected chi connectivity index (χ3v) is 5.04. The van der Waals surface area contributed by atoms with Crippen molar-refractivity contribution in [2.24, 2.45) is 5.92 Å². The summed E-state index contributed by atoms with van der Waals surface area (Å²) in [6.07, 6.45) is 1.48. The quantitative estimate of drug-likeness (QED) is 0.404. The first-order valence-corrected chi connectivity index (χ1v) is 10.1. The number of carbonyl (C=O) groups is 1. The molecule has 10 nitrogen and oxygen atoms in total. The summed E-state index contributed by atoms with van der Waals surface area (Å²) in [7, 11) is 4.31. The van der Waals surface area contributed by atoms with Crippen molar-refractivity contribution >= 4 is 28.1 Å². The number of ether oxygens (including phenoxy) is 3. The van der Waals surface area contributed by atoms with Gasteiger partial charge in [-0.15, -0.1) is 0 Å². The van der Waals surface area contributed by atoms with E-state index in [1.807, 2.05) is 13.8 Å². The van der Waals surface area contributed by atoms with Gasteiger partial charge in [-0.05, 0) is 24.1 Å². The van der Waals surface area contributed by atoms with Gasteiger partial charge in [0.05, 0.1) is 42.9 Å². The highest BCUT2D eigenvalue weighted by Gasteiger charge is 2.21. The Balaban J connectivity index is 2.21. The Hall–Kier alpha value is -4.08. The zero-order valence-electron chi connectivity index (χ0n) is 19.0. The molecule has 0 saturated heterocycles. The van der Waals surface area contributed by atoms with Crippen LogP contribution in [0.15, 0.2) is 41.3 Å². The highest BCUT2D eigenvalue weighted by atomic mass is 16.6. The number of methoxy groups -OCH3 is 3. The van der Waals surface area contributed by atoms with Crippen LogP contribution in [0.5, 0.6) is 17.2 Å². The number of nitro groups is 1. The second-order valence-electron chi connectivity index (χ2n) is 7.74. The van der Waals surface area contributed by atoms with Crippen molar-refractivity contribution in [2.75, 3.05) is 26.6 Å². The molecule has 1 N–H and O–H groups in total. The van der Waals surface area contributed by atoms with Gasteiger partial charge in [0.25, 0.3) is 17.2 Å². The number of pyridine rings is 1. The number of non-ortho nitro benzene ring substituents is 1. The van der Waals surface area contributed by atoms with Crippen molar-refractivity contribution in [3.05, 3.63) is 62.6 Å². The molecule has 10 heteroatoms. The first-order chi connectivity index (χ1) is 15.7. The molecular weight excluding hydrogens is 430 g/mol. The summed E-state index contributed by atoms with van der Waals surface area (Å²) in [4.78, 5) is 37.1. The number of hydrogen-bond acceptors (Lipinski definition) is 7. The smallest absolute Gasteiger partial charge is 0.271 e. The molecule has 33 heavy (non-hydrogen) atoms. The fourth-order valence-electron chi connectivity index (χ4n) is 3.52. The number of rotatable bonds is 8. The van der Waals surface area contributed by atoms with Gasteiger partial charge < -0.3 is 24.1 Å². The summed E-state index contributed by atoms with van der Waals surface area (Å²) in [5.74, 6) is 0.550. The van der Waals surface area contributed by atoms with Gasteiger partial charge in [-0.1, -0.05) is 13.8 Å². The number of nitrogens with one attached hydrogen (secondary N) is 1. The molecular formula is C23H25N3O7. The Morgan fingerprint density at radius 3 is 2.18 bits per heavy atom. The molecule has 0 atom stereocenters. The highest BCUT2D eigenvalue weighted by Crippen LogP contribution is 2.34. The predicted molar refractivity (Wildman–Crippen MR) is 124 cm³/mol. The van der Waals surface area contributed by atoms with Gasteiger partial charge in [0, 0.05) is 30.3 Å². The topological polar surface area (TPSA) is 122 Å². The van der Waals surface area contributed by atoms with Crippen molar-refractivity contribution in [2.45, 2.75) is 20.4 Å². The number of nitro benzene ring substituents is 1. The third-order valence-electron chi connectivity index (χ3n) is 5.04. The van der Waals surface area contributed by atoms with Crippen molar-refractivity contribution in [1.29, 1.82) is 0 Å². The van der Waals surface area contributed by atoms with Crippen LogP contribution in [0, 0.1) is 16.0 Å². The minimum absolute atomic E-state index is 0.131. The van der Waals surface area contributed by atoms with E-state index in [2.05, 4.69) is 5.32 Å². The number of nitrogens with zero attached hydrogens (tertiary/aromatic N) is 2. The van der Waals surface area contributed by atoms with Gasteiger partial charge in [-0.3, -0.25) is 19.7 Å². The van der Waals surface area contributed by atoms with Crippen LogP contribution in [0.1, 0.15) is 24.2 Å². The van der Waals surface area contributed by atoms with E-state index in [1.54, 1.807) is 6.07 Å². The molecule has 0 spiro atoms. The lowest BCUT2D eigenvalue weighted by molar-refractivity contribution is -0.384. The molecule has 0 saturated carbocycles. The van der Waals surface area contributed by atoms with Gasteiger partial charge >= 0.3 is 0 Å². The lowest BCUT2D eigenvalue weighted by Gasteiger charge is -2.16. The molecule has 1 aromatic heterocycles. The Kier molecular flexibility index (Phi) is 6.86. The molecule has 0 aliphatic carbocycles. The number of carbonyl (C=O) groups excluding carboxylic acids is 1. The van der Waals surface area contributed by atoms with E-state index in [-0.39, 0.29) is 39.6 Å². The minimum atomic E-state index is -0.566. The Labute approximate surface area is 189 Å². The fraction of sp³-hybridized carbons (Fsp3) is 0.304. The van der Waals surface area contributed by atoms with Crippen molar-refractivity contribution in [3.8, 4) is 17.2 Å². The van der Waals surface area contributed by atoms with E-state index in [1.165, 1.54) is 56.4 Å². The van der Waals surface area contributed by atoms with Crippen LogP contribution in [0.2, 0.25) is 0 Å². The summed E-state index contributed by atoms with van der Waals surface area (Å²) in [5, 5.41) is 14.5. The van der Waals surface area contributed by atoms with Crippen LogP contribution in [0.4, 0.5) is 11.4 Å². The van der Waals surface area contributed by atoms with E-state index >= 15 is 0 Å². The molecule has 0 radical (unpaired) electrons. The maximum Gasteiger partial charge on any atom is 0.271 e. The lowest BCUT2D eigenvalue weighted by atomic mass is 10.0. The molecule has 0 bridgehead atoms. The molecule has 1 heterocycles. The van der Waals surface area contributed by atoms with E-state index in [0.29, 0.717) is 23.4 Å². The average molecular weight is 455 g/mol. The Bertz CT molecular complexity index is 1280.